The van der Waals surface area contributed by atoms with Crippen LogP contribution in [0.5, 0.6) is 11.5 Å². The van der Waals surface area contributed by atoms with Crippen molar-refractivity contribution >= 4 is 29.2 Å². The van der Waals surface area contributed by atoms with Crippen LogP contribution >= 0.6 is 11.6 Å². The molecule has 108 valence electrons. The number of benzene rings is 1. The molecule has 1 heterocycles. The summed E-state index contributed by atoms with van der Waals surface area (Å²) >= 11 is 6.03. The first-order chi connectivity index (χ1) is 9.45. The number of carboxylic acid groups (broad SMARTS) is 1. The Morgan fingerprint density at radius 2 is 2.00 bits per heavy atom. The zero-order valence-corrected chi connectivity index (χ0v) is 11.6. The third-order valence-corrected chi connectivity index (χ3v) is 3.11. The van der Waals surface area contributed by atoms with Gasteiger partial charge in [0.05, 0.1) is 10.7 Å². The number of anilines is 1. The predicted molar refractivity (Wildman–Crippen MR) is 72.2 cm³/mol. The van der Waals surface area contributed by atoms with Gasteiger partial charge in [-0.05, 0) is 5.92 Å². The molecule has 1 aliphatic rings. The first-order valence-corrected chi connectivity index (χ1v) is 6.44. The first-order valence-electron chi connectivity index (χ1n) is 6.06. The van der Waals surface area contributed by atoms with E-state index in [1.165, 1.54) is 0 Å². The fourth-order valence-electron chi connectivity index (χ4n) is 1.90. The average Bonchev–Trinajstić information content (AvgIpc) is 2.74. The topological polar surface area (TPSA) is 84.9 Å². The second-order valence-corrected chi connectivity index (χ2v) is 5.05. The summed E-state index contributed by atoms with van der Waals surface area (Å²) in [4.78, 5) is 22.4. The largest absolute Gasteiger partial charge is 0.481 e. The summed E-state index contributed by atoms with van der Waals surface area (Å²) in [7, 11) is 0. The van der Waals surface area contributed by atoms with Gasteiger partial charge in [-0.25, -0.2) is 0 Å². The van der Waals surface area contributed by atoms with Crippen molar-refractivity contribution in [2.45, 2.75) is 19.8 Å². The Hall–Kier alpha value is -1.95. The number of rotatable bonds is 5. The molecule has 0 saturated heterocycles. The smallest absolute Gasteiger partial charge is 0.303 e. The summed E-state index contributed by atoms with van der Waals surface area (Å²) in [5.74, 6) is -0.415. The van der Waals surface area contributed by atoms with Crippen molar-refractivity contribution in [3.63, 3.8) is 0 Å². The van der Waals surface area contributed by atoms with Crippen LogP contribution in [0.15, 0.2) is 12.1 Å². The fourth-order valence-corrected chi connectivity index (χ4v) is 2.10. The van der Waals surface area contributed by atoms with Gasteiger partial charge in [0.2, 0.25) is 12.7 Å². The maximum absolute atomic E-state index is 11.8. The van der Waals surface area contributed by atoms with Crippen molar-refractivity contribution in [2.24, 2.45) is 5.92 Å². The number of ether oxygens (including phenoxy) is 2. The number of nitrogens with one attached hydrogen (secondary N) is 1. The van der Waals surface area contributed by atoms with E-state index < -0.39 is 5.97 Å². The number of fused-ring (bicyclic) bond motifs is 1. The Labute approximate surface area is 120 Å². The number of aliphatic carboxylic acids is 1. The van der Waals surface area contributed by atoms with Gasteiger partial charge in [-0.1, -0.05) is 18.5 Å². The first kappa shape index (κ1) is 14.5. The van der Waals surface area contributed by atoms with Crippen LogP contribution in [0.2, 0.25) is 5.02 Å². The van der Waals surface area contributed by atoms with Crippen LogP contribution in [0, 0.1) is 5.92 Å². The molecule has 20 heavy (non-hydrogen) atoms. The summed E-state index contributed by atoms with van der Waals surface area (Å²) in [5.41, 5.74) is 0.420. The monoisotopic (exact) mass is 299 g/mol. The standard InChI is InChI=1S/C13H14ClNO5/c1-7(3-13(17)18)2-12(16)15-9-5-11-10(4-8(9)14)19-6-20-11/h4-5,7H,2-3,6H2,1H3,(H,15,16)(H,17,18). The molecule has 1 aliphatic heterocycles. The SMILES string of the molecule is CC(CC(=O)O)CC(=O)Nc1cc2c(cc1Cl)OCO2. The van der Waals surface area contributed by atoms with E-state index >= 15 is 0 Å². The summed E-state index contributed by atoms with van der Waals surface area (Å²) in [6, 6.07) is 3.16. The van der Waals surface area contributed by atoms with Crippen molar-refractivity contribution in [1.29, 1.82) is 0 Å². The lowest BCUT2D eigenvalue weighted by atomic mass is 10.0. The van der Waals surface area contributed by atoms with Crippen LogP contribution in [0.25, 0.3) is 0 Å². The molecule has 0 saturated carbocycles. The zero-order valence-electron chi connectivity index (χ0n) is 10.8. The van der Waals surface area contributed by atoms with Crippen LogP contribution in [0.3, 0.4) is 0 Å². The molecule has 6 nitrogen and oxygen atoms in total. The second-order valence-electron chi connectivity index (χ2n) is 4.64. The highest BCUT2D eigenvalue weighted by Gasteiger charge is 2.18. The number of hydrogen-bond donors (Lipinski definition) is 2. The maximum Gasteiger partial charge on any atom is 0.303 e. The lowest BCUT2D eigenvalue weighted by Crippen LogP contribution is -2.17. The summed E-state index contributed by atoms with van der Waals surface area (Å²) in [5, 5.41) is 11.6. The fraction of sp³-hybridized carbons (Fsp3) is 0.385. The van der Waals surface area contributed by atoms with Gasteiger partial charge in [-0.2, -0.15) is 0 Å². The molecular weight excluding hydrogens is 286 g/mol. The molecule has 2 rings (SSSR count). The Morgan fingerprint density at radius 1 is 1.35 bits per heavy atom. The van der Waals surface area contributed by atoms with E-state index in [2.05, 4.69) is 5.32 Å². The minimum atomic E-state index is -0.925. The predicted octanol–water partition coefficient (Wildman–Crippen LogP) is 2.51. The summed E-state index contributed by atoms with van der Waals surface area (Å²) in [6.45, 7) is 1.83. The van der Waals surface area contributed by atoms with Gasteiger partial charge >= 0.3 is 5.97 Å². The lowest BCUT2D eigenvalue weighted by molar-refractivity contribution is -0.138. The summed E-state index contributed by atoms with van der Waals surface area (Å²) < 4.78 is 10.4. The van der Waals surface area contributed by atoms with Crippen molar-refractivity contribution in [2.75, 3.05) is 12.1 Å². The highest BCUT2D eigenvalue weighted by Crippen LogP contribution is 2.39. The van der Waals surface area contributed by atoms with E-state index in [0.29, 0.717) is 22.2 Å². The minimum absolute atomic E-state index is 0.0533. The number of carbonyl (C=O) groups excluding carboxylic acids is 1. The molecule has 1 aromatic carbocycles. The molecule has 0 aliphatic carbocycles. The molecule has 1 aromatic rings. The third kappa shape index (κ3) is 3.54. The van der Waals surface area contributed by atoms with Crippen LogP contribution in [0.1, 0.15) is 19.8 Å². The molecule has 0 aromatic heterocycles. The van der Waals surface area contributed by atoms with Crippen molar-refractivity contribution in [3.05, 3.63) is 17.2 Å². The molecule has 7 heteroatoms. The summed E-state index contributed by atoms with van der Waals surface area (Å²) in [6.07, 6.45) is 0.0549. The lowest BCUT2D eigenvalue weighted by Gasteiger charge is -2.11. The quantitative estimate of drug-likeness (QED) is 0.872. The molecule has 1 atom stereocenters. The Morgan fingerprint density at radius 3 is 2.65 bits per heavy atom. The Balaban J connectivity index is 1.99. The van der Waals surface area contributed by atoms with Crippen LogP contribution in [-0.4, -0.2) is 23.8 Å². The zero-order chi connectivity index (χ0) is 14.7. The molecular formula is C13H14ClNO5. The molecule has 0 bridgehead atoms. The maximum atomic E-state index is 11.8. The number of carboxylic acids is 1. The van der Waals surface area contributed by atoms with Crippen LogP contribution in [-0.2, 0) is 9.59 Å². The number of amides is 1. The van der Waals surface area contributed by atoms with E-state index in [4.69, 9.17) is 26.2 Å². The van der Waals surface area contributed by atoms with Crippen molar-refractivity contribution in [3.8, 4) is 11.5 Å². The highest BCUT2D eigenvalue weighted by molar-refractivity contribution is 6.34. The van der Waals surface area contributed by atoms with Gasteiger partial charge in [0, 0.05) is 25.0 Å². The van der Waals surface area contributed by atoms with Crippen LogP contribution in [0.4, 0.5) is 5.69 Å². The van der Waals surface area contributed by atoms with E-state index in [1.807, 2.05) is 0 Å². The Bertz CT molecular complexity index is 546. The van der Waals surface area contributed by atoms with E-state index in [9.17, 15) is 9.59 Å². The van der Waals surface area contributed by atoms with E-state index in [0.717, 1.165) is 0 Å². The third-order valence-electron chi connectivity index (χ3n) is 2.79. The molecule has 0 radical (unpaired) electrons. The molecule has 1 amide bonds. The second kappa shape index (κ2) is 6.00. The molecule has 0 spiro atoms. The van der Waals surface area contributed by atoms with Gasteiger partial charge in [0.15, 0.2) is 11.5 Å². The van der Waals surface area contributed by atoms with E-state index in [-0.39, 0.29) is 31.5 Å². The number of halogens is 1. The normalized spacial score (nSPS) is 13.9. The minimum Gasteiger partial charge on any atom is -0.481 e. The van der Waals surface area contributed by atoms with Crippen molar-refractivity contribution in [1.82, 2.24) is 0 Å². The highest BCUT2D eigenvalue weighted by atomic mass is 35.5. The van der Waals surface area contributed by atoms with Gasteiger partial charge in [0.25, 0.3) is 0 Å². The van der Waals surface area contributed by atoms with Gasteiger partial charge < -0.3 is 19.9 Å². The number of hydrogen-bond acceptors (Lipinski definition) is 4. The number of carbonyl (C=O) groups is 2. The van der Waals surface area contributed by atoms with Gasteiger partial charge in [-0.3, -0.25) is 9.59 Å². The molecule has 1 unspecified atom stereocenters. The molecule has 0 fully saturated rings. The molecule has 2 N–H and O–H groups in total. The van der Waals surface area contributed by atoms with Gasteiger partial charge in [-0.15, -0.1) is 0 Å². The van der Waals surface area contributed by atoms with Gasteiger partial charge in [0.1, 0.15) is 0 Å². The van der Waals surface area contributed by atoms with Crippen molar-refractivity contribution < 1.29 is 24.2 Å². The average molecular weight is 300 g/mol. The van der Waals surface area contributed by atoms with E-state index in [1.54, 1.807) is 19.1 Å². The van der Waals surface area contributed by atoms with Crippen LogP contribution < -0.4 is 14.8 Å². The Kier molecular flexibility index (Phi) is 4.34.